The molecule has 26 heavy (non-hydrogen) atoms. The number of hydrogen-bond acceptors (Lipinski definition) is 1. The van der Waals surface area contributed by atoms with E-state index in [0.29, 0.717) is 0 Å². The fraction of sp³-hybridized carbons (Fsp3) is 0.318. The summed E-state index contributed by atoms with van der Waals surface area (Å²) in [6, 6.07) is 18.1. The summed E-state index contributed by atoms with van der Waals surface area (Å²) in [7, 11) is 1.88. The van der Waals surface area contributed by atoms with Crippen molar-refractivity contribution in [3.8, 4) is 0 Å². The Morgan fingerprint density at radius 2 is 1.96 bits per heavy atom. The van der Waals surface area contributed by atoms with Crippen LogP contribution in [0, 0.1) is 11.9 Å². The molecule has 0 saturated heterocycles. The number of carbonyl (C=O) groups excluding carboxylic acids is 1. The van der Waals surface area contributed by atoms with Crippen LogP contribution in [0.5, 0.6) is 0 Å². The Balaban J connectivity index is 1.54. The van der Waals surface area contributed by atoms with Crippen molar-refractivity contribution >= 4 is 16.8 Å². The molecule has 0 fully saturated rings. The third-order valence-electron chi connectivity index (χ3n) is 5.54. The molecule has 1 amide bonds. The number of fused-ring (bicyclic) bond motifs is 3. The van der Waals surface area contributed by atoms with Gasteiger partial charge < -0.3 is 9.47 Å². The van der Waals surface area contributed by atoms with Crippen LogP contribution in [0.3, 0.4) is 0 Å². The summed E-state index contributed by atoms with van der Waals surface area (Å²) in [4.78, 5) is 14.8. The summed E-state index contributed by atoms with van der Waals surface area (Å²) in [6.07, 6.45) is 1.85. The first-order chi connectivity index (χ1) is 12.5. The van der Waals surface area contributed by atoms with E-state index in [1.807, 2.05) is 31.0 Å². The maximum Gasteiger partial charge on any atom is 0.229 e. The Morgan fingerprint density at radius 3 is 2.73 bits per heavy atom. The molecule has 1 aromatic heterocycles. The molecule has 0 aliphatic carbocycles. The van der Waals surface area contributed by atoms with Crippen molar-refractivity contribution in [3.05, 3.63) is 71.7 Å². The summed E-state index contributed by atoms with van der Waals surface area (Å²) in [6.45, 7) is 2.68. The van der Waals surface area contributed by atoms with E-state index in [9.17, 15) is 9.18 Å². The van der Waals surface area contributed by atoms with Gasteiger partial charge in [-0.05, 0) is 43.5 Å². The number of benzene rings is 2. The summed E-state index contributed by atoms with van der Waals surface area (Å²) < 4.78 is 15.4. The highest BCUT2D eigenvalue weighted by molar-refractivity contribution is 5.84. The monoisotopic (exact) mass is 349 g/mol. The van der Waals surface area contributed by atoms with E-state index in [1.165, 1.54) is 23.3 Å². The Morgan fingerprint density at radius 1 is 1.23 bits per heavy atom. The molecule has 0 spiro atoms. The fourth-order valence-electron chi connectivity index (χ4n) is 3.89. The highest BCUT2D eigenvalue weighted by Gasteiger charge is 2.29. The van der Waals surface area contributed by atoms with E-state index >= 15 is 0 Å². The second-order valence-corrected chi connectivity index (χ2v) is 7.11. The molecule has 3 nitrogen and oxygen atoms in total. The smallest absolute Gasteiger partial charge is 0.229 e. The topological polar surface area (TPSA) is 25.2 Å². The van der Waals surface area contributed by atoms with Crippen LogP contribution >= 0.6 is 0 Å². The van der Waals surface area contributed by atoms with Crippen LogP contribution in [0.25, 0.3) is 10.9 Å². The molecule has 0 N–H and O–H groups in total. The van der Waals surface area contributed by atoms with E-state index in [4.69, 9.17) is 0 Å². The number of aromatic nitrogens is 1. The molecule has 3 aromatic rings. The third kappa shape index (κ3) is 2.90. The largest absolute Gasteiger partial charge is 0.342 e. The van der Waals surface area contributed by atoms with Crippen molar-refractivity contribution < 1.29 is 9.18 Å². The Kier molecular flexibility index (Phi) is 4.27. The molecule has 4 rings (SSSR count). The van der Waals surface area contributed by atoms with Crippen LogP contribution in [-0.2, 0) is 17.8 Å². The molecule has 1 aliphatic heterocycles. The molecule has 1 radical (unpaired) electrons. The number of likely N-dealkylation sites (N-methyl/N-ethyl adjacent to an activating group) is 1. The van der Waals surface area contributed by atoms with Crippen molar-refractivity contribution in [1.82, 2.24) is 9.47 Å². The van der Waals surface area contributed by atoms with Crippen LogP contribution in [-0.4, -0.2) is 28.5 Å². The normalized spacial score (nSPS) is 17.7. The van der Waals surface area contributed by atoms with Gasteiger partial charge in [0.15, 0.2) is 0 Å². The Bertz CT molecular complexity index is 944. The predicted molar refractivity (Wildman–Crippen MR) is 100 cm³/mol. The Labute approximate surface area is 153 Å². The van der Waals surface area contributed by atoms with Crippen LogP contribution < -0.4 is 0 Å². The SMILES string of the molecule is CC(C(=O)N(C)[C@@H]1CCc2[c]c3ccccc3n2C1)c1ccc(F)cc1. The maximum atomic E-state index is 13.1. The van der Waals surface area contributed by atoms with Gasteiger partial charge in [-0.15, -0.1) is 0 Å². The minimum atomic E-state index is -0.282. The van der Waals surface area contributed by atoms with E-state index in [1.54, 1.807) is 12.1 Å². The van der Waals surface area contributed by atoms with Gasteiger partial charge in [-0.25, -0.2) is 4.39 Å². The van der Waals surface area contributed by atoms with Gasteiger partial charge in [0.2, 0.25) is 5.91 Å². The first-order valence-corrected chi connectivity index (χ1v) is 9.06. The lowest BCUT2D eigenvalue weighted by Crippen LogP contribution is -2.44. The first kappa shape index (κ1) is 16.8. The predicted octanol–water partition coefficient (Wildman–Crippen LogP) is 4.16. The number of amides is 1. The molecule has 2 atom stereocenters. The quantitative estimate of drug-likeness (QED) is 0.697. The highest BCUT2D eigenvalue weighted by atomic mass is 19.1. The summed E-state index contributed by atoms with van der Waals surface area (Å²) in [5, 5.41) is 1.14. The van der Waals surface area contributed by atoms with Crippen LogP contribution in [0.2, 0.25) is 0 Å². The van der Waals surface area contributed by atoms with Gasteiger partial charge >= 0.3 is 0 Å². The first-order valence-electron chi connectivity index (χ1n) is 9.06. The lowest BCUT2D eigenvalue weighted by molar-refractivity contribution is -0.133. The second-order valence-electron chi connectivity index (χ2n) is 7.11. The van der Waals surface area contributed by atoms with E-state index in [0.717, 1.165) is 30.3 Å². The molecular weight excluding hydrogens is 327 g/mol. The van der Waals surface area contributed by atoms with E-state index < -0.39 is 0 Å². The second kappa shape index (κ2) is 6.60. The minimum absolute atomic E-state index is 0.0745. The molecule has 0 saturated carbocycles. The van der Waals surface area contributed by atoms with Crippen LogP contribution in [0.4, 0.5) is 4.39 Å². The van der Waals surface area contributed by atoms with Gasteiger partial charge in [-0.3, -0.25) is 4.79 Å². The summed E-state index contributed by atoms with van der Waals surface area (Å²) in [5.74, 6) is -0.488. The average Bonchev–Trinajstić information content (AvgIpc) is 3.04. The number of aryl methyl sites for hydroxylation is 1. The number of hydrogen-bond donors (Lipinski definition) is 0. The van der Waals surface area contributed by atoms with E-state index in [2.05, 4.69) is 22.8 Å². The van der Waals surface area contributed by atoms with E-state index in [-0.39, 0.29) is 23.7 Å². The lowest BCUT2D eigenvalue weighted by atomic mass is 9.97. The summed E-state index contributed by atoms with van der Waals surface area (Å²) >= 11 is 0. The minimum Gasteiger partial charge on any atom is -0.342 e. The standard InChI is InChI=1S/C22H22FN2O/c1-15(16-7-9-18(23)10-8-16)22(26)24(2)20-12-11-19-13-17-5-3-4-6-21(17)25(19)14-20/h3-10,15,20H,11-12,14H2,1-2H3/t15?,20-/m1/s1. The fourth-order valence-corrected chi connectivity index (χ4v) is 3.89. The zero-order chi connectivity index (χ0) is 18.3. The maximum absolute atomic E-state index is 13.1. The van der Waals surface area contributed by atoms with Crippen molar-refractivity contribution in [2.24, 2.45) is 0 Å². The summed E-state index contributed by atoms with van der Waals surface area (Å²) in [5.41, 5.74) is 3.24. The van der Waals surface area contributed by atoms with Crippen molar-refractivity contribution in [1.29, 1.82) is 0 Å². The number of nitrogens with zero attached hydrogens (tertiary/aromatic N) is 2. The third-order valence-corrected chi connectivity index (χ3v) is 5.54. The molecule has 4 heteroatoms. The number of rotatable bonds is 3. The van der Waals surface area contributed by atoms with Crippen molar-refractivity contribution in [2.45, 2.75) is 38.3 Å². The molecule has 2 aromatic carbocycles. The van der Waals surface area contributed by atoms with Gasteiger partial charge in [0.05, 0.1) is 5.92 Å². The lowest BCUT2D eigenvalue weighted by Gasteiger charge is -2.34. The number of carbonyl (C=O) groups is 1. The molecule has 2 heterocycles. The molecule has 1 aliphatic rings. The van der Waals surface area contributed by atoms with Gasteiger partial charge in [0.25, 0.3) is 0 Å². The Hall–Kier alpha value is -2.62. The molecule has 0 bridgehead atoms. The zero-order valence-corrected chi connectivity index (χ0v) is 15.1. The number of halogens is 1. The molecule has 133 valence electrons. The van der Waals surface area contributed by atoms with Crippen molar-refractivity contribution in [2.75, 3.05) is 7.05 Å². The van der Waals surface area contributed by atoms with Gasteiger partial charge in [-0.2, -0.15) is 0 Å². The van der Waals surface area contributed by atoms with Gasteiger partial charge in [-0.1, -0.05) is 30.3 Å². The van der Waals surface area contributed by atoms with Crippen LogP contribution in [0.1, 0.15) is 30.5 Å². The molecule has 1 unspecified atom stereocenters. The number of para-hydroxylation sites is 1. The average molecular weight is 349 g/mol. The van der Waals surface area contributed by atoms with Gasteiger partial charge in [0.1, 0.15) is 5.82 Å². The van der Waals surface area contributed by atoms with Crippen molar-refractivity contribution in [3.63, 3.8) is 0 Å². The van der Waals surface area contributed by atoms with Gasteiger partial charge in [0, 0.05) is 42.3 Å². The molecular formula is C22H22FN2O. The highest BCUT2D eigenvalue weighted by Crippen LogP contribution is 2.28. The zero-order valence-electron chi connectivity index (χ0n) is 15.1. The van der Waals surface area contributed by atoms with Crippen LogP contribution in [0.15, 0.2) is 48.5 Å².